The van der Waals surface area contributed by atoms with E-state index in [0.29, 0.717) is 22.4 Å². The second-order valence-electron chi connectivity index (χ2n) is 6.58. The Kier molecular flexibility index (Phi) is 5.47. The molecule has 0 saturated heterocycles. The van der Waals surface area contributed by atoms with Crippen LogP contribution >= 0.6 is 0 Å². The smallest absolute Gasteiger partial charge is 0.171 e. The van der Waals surface area contributed by atoms with Crippen molar-refractivity contribution >= 4 is 0 Å². The maximum Gasteiger partial charge on any atom is 0.171 e. The minimum atomic E-state index is -1.57. The highest BCUT2D eigenvalue weighted by Crippen LogP contribution is 2.36. The van der Waals surface area contributed by atoms with Crippen molar-refractivity contribution in [3.63, 3.8) is 0 Å². The number of nitrogens with zero attached hydrogens (tertiary/aromatic N) is 1. The van der Waals surface area contributed by atoms with Gasteiger partial charge in [0.05, 0.1) is 17.9 Å². The third-order valence-corrected chi connectivity index (χ3v) is 4.38. The molecule has 0 unspecified atom stereocenters. The van der Waals surface area contributed by atoms with Crippen molar-refractivity contribution in [2.24, 2.45) is 0 Å². The molecule has 0 aliphatic rings. The number of aliphatic hydroxyl groups is 1. The molecule has 3 rings (SSSR count). The molecule has 0 saturated carbocycles. The number of pyridine rings is 1. The average Bonchev–Trinajstić information content (AvgIpc) is 2.66. The first-order valence-corrected chi connectivity index (χ1v) is 8.48. The van der Waals surface area contributed by atoms with E-state index in [1.54, 1.807) is 13.8 Å². The molecule has 28 heavy (non-hydrogen) atoms. The summed E-state index contributed by atoms with van der Waals surface area (Å²) >= 11 is 0. The van der Waals surface area contributed by atoms with Gasteiger partial charge in [-0.25, -0.2) is 22.0 Å². The topological polar surface area (TPSA) is 33.1 Å². The Labute approximate surface area is 158 Å². The summed E-state index contributed by atoms with van der Waals surface area (Å²) in [6.07, 6.45) is 0. The summed E-state index contributed by atoms with van der Waals surface area (Å²) in [5.74, 6) is -6.98. The predicted octanol–water partition coefficient (Wildman–Crippen LogP) is 5.73. The van der Waals surface area contributed by atoms with Gasteiger partial charge in [0.1, 0.15) is 5.82 Å². The summed E-state index contributed by atoms with van der Waals surface area (Å²) in [5.41, 5.74) is 0.208. The van der Waals surface area contributed by atoms with Crippen LogP contribution in [-0.2, 0) is 6.61 Å². The van der Waals surface area contributed by atoms with E-state index in [1.165, 1.54) is 30.3 Å². The lowest BCUT2D eigenvalue weighted by molar-refractivity contribution is 0.280. The molecule has 2 nitrogen and oxygen atoms in total. The number of aromatic nitrogens is 1. The zero-order valence-electron chi connectivity index (χ0n) is 15.0. The summed E-state index contributed by atoms with van der Waals surface area (Å²) in [4.78, 5) is 4.17. The fourth-order valence-electron chi connectivity index (χ4n) is 3.05. The van der Waals surface area contributed by atoms with E-state index in [4.69, 9.17) is 0 Å². The van der Waals surface area contributed by atoms with Crippen LogP contribution in [0.15, 0.2) is 36.4 Å². The molecule has 0 spiro atoms. The standard InChI is InChI=1S/C21H16F5NO/c1-10(2)21-14(9-28)13(11-3-5-12(22)6-4-11)7-17(27-21)18-19(25)15(23)8-16(24)20(18)26/h3-8,10,28H,9H2,1-2H3. The maximum atomic E-state index is 14.3. The van der Waals surface area contributed by atoms with Gasteiger partial charge in [0.15, 0.2) is 23.3 Å². The zero-order chi connectivity index (χ0) is 20.6. The highest BCUT2D eigenvalue weighted by Gasteiger charge is 2.24. The molecule has 2 aromatic carbocycles. The number of hydrogen-bond acceptors (Lipinski definition) is 2. The van der Waals surface area contributed by atoms with Crippen LogP contribution in [0.1, 0.15) is 31.0 Å². The van der Waals surface area contributed by atoms with E-state index in [0.717, 1.165) is 0 Å². The Bertz CT molecular complexity index is 1010. The zero-order valence-corrected chi connectivity index (χ0v) is 15.0. The Morgan fingerprint density at radius 3 is 1.96 bits per heavy atom. The molecule has 0 aliphatic heterocycles. The van der Waals surface area contributed by atoms with E-state index >= 15 is 0 Å². The number of benzene rings is 2. The van der Waals surface area contributed by atoms with Crippen molar-refractivity contribution in [3.05, 3.63) is 76.7 Å². The fourth-order valence-corrected chi connectivity index (χ4v) is 3.05. The van der Waals surface area contributed by atoms with Gasteiger partial charge in [-0.3, -0.25) is 4.98 Å². The minimum absolute atomic E-state index is 0.125. The number of aliphatic hydroxyl groups excluding tert-OH is 1. The first-order chi connectivity index (χ1) is 13.2. The van der Waals surface area contributed by atoms with E-state index in [9.17, 15) is 27.1 Å². The van der Waals surface area contributed by atoms with Crippen LogP contribution in [0.4, 0.5) is 22.0 Å². The number of halogens is 5. The molecule has 0 bridgehead atoms. The van der Waals surface area contributed by atoms with E-state index in [2.05, 4.69) is 4.98 Å². The molecule has 3 aromatic rings. The van der Waals surface area contributed by atoms with Gasteiger partial charge in [-0.2, -0.15) is 0 Å². The normalized spacial score (nSPS) is 11.3. The Balaban J connectivity index is 2.38. The average molecular weight is 393 g/mol. The molecule has 7 heteroatoms. The molecule has 1 aromatic heterocycles. The highest BCUT2D eigenvalue weighted by atomic mass is 19.2. The summed E-state index contributed by atoms with van der Waals surface area (Å²) in [6.45, 7) is 3.06. The minimum Gasteiger partial charge on any atom is -0.392 e. The van der Waals surface area contributed by atoms with Crippen molar-refractivity contribution in [3.8, 4) is 22.4 Å². The van der Waals surface area contributed by atoms with Crippen LogP contribution < -0.4 is 0 Å². The first kappa shape index (κ1) is 19.9. The van der Waals surface area contributed by atoms with Gasteiger partial charge in [0.25, 0.3) is 0 Å². The van der Waals surface area contributed by atoms with Gasteiger partial charge >= 0.3 is 0 Å². The van der Waals surface area contributed by atoms with Gasteiger partial charge in [0, 0.05) is 17.3 Å². The second-order valence-corrected chi connectivity index (χ2v) is 6.58. The van der Waals surface area contributed by atoms with Crippen molar-refractivity contribution in [1.29, 1.82) is 0 Å². The van der Waals surface area contributed by atoms with Gasteiger partial charge in [-0.15, -0.1) is 0 Å². The highest BCUT2D eigenvalue weighted by molar-refractivity contribution is 5.75. The Hall–Kier alpha value is -2.80. The van der Waals surface area contributed by atoms with Crippen LogP contribution in [0.25, 0.3) is 22.4 Å². The van der Waals surface area contributed by atoms with Crippen molar-refractivity contribution in [2.45, 2.75) is 26.4 Å². The molecule has 0 amide bonds. The van der Waals surface area contributed by atoms with Gasteiger partial charge in [-0.1, -0.05) is 26.0 Å². The molecule has 0 aliphatic carbocycles. The number of hydrogen-bond donors (Lipinski definition) is 1. The van der Waals surface area contributed by atoms with Gasteiger partial charge < -0.3 is 5.11 Å². The molecular formula is C21H16F5NO. The fraction of sp³-hybridized carbons (Fsp3) is 0.190. The molecule has 0 atom stereocenters. The Morgan fingerprint density at radius 2 is 1.46 bits per heavy atom. The lowest BCUT2D eigenvalue weighted by Gasteiger charge is -2.18. The molecule has 0 fully saturated rings. The second kappa shape index (κ2) is 7.67. The summed E-state index contributed by atoms with van der Waals surface area (Å²) in [7, 11) is 0. The van der Waals surface area contributed by atoms with E-state index < -0.39 is 41.3 Å². The third kappa shape index (κ3) is 3.49. The van der Waals surface area contributed by atoms with E-state index in [1.807, 2.05) is 0 Å². The summed E-state index contributed by atoms with van der Waals surface area (Å²) < 4.78 is 69.3. The van der Waals surface area contributed by atoms with Crippen LogP contribution in [0.3, 0.4) is 0 Å². The predicted molar refractivity (Wildman–Crippen MR) is 94.9 cm³/mol. The lowest BCUT2D eigenvalue weighted by atomic mass is 9.92. The van der Waals surface area contributed by atoms with Crippen molar-refractivity contribution in [1.82, 2.24) is 4.98 Å². The lowest BCUT2D eigenvalue weighted by Crippen LogP contribution is -2.07. The third-order valence-electron chi connectivity index (χ3n) is 4.38. The SMILES string of the molecule is CC(C)c1nc(-c2c(F)c(F)cc(F)c2F)cc(-c2ccc(F)cc2)c1CO. The summed E-state index contributed by atoms with van der Waals surface area (Å²) in [6, 6.07) is 6.59. The van der Waals surface area contributed by atoms with Crippen molar-refractivity contribution in [2.75, 3.05) is 0 Å². The largest absolute Gasteiger partial charge is 0.392 e. The van der Waals surface area contributed by atoms with Crippen LogP contribution in [0.2, 0.25) is 0 Å². The first-order valence-electron chi connectivity index (χ1n) is 8.48. The molecule has 1 N–H and O–H groups in total. The number of rotatable bonds is 4. The van der Waals surface area contributed by atoms with Crippen LogP contribution in [0.5, 0.6) is 0 Å². The molecule has 0 radical (unpaired) electrons. The quantitative estimate of drug-likeness (QED) is 0.454. The van der Waals surface area contributed by atoms with Crippen LogP contribution in [0, 0.1) is 29.1 Å². The molecule has 1 heterocycles. The van der Waals surface area contributed by atoms with Crippen LogP contribution in [-0.4, -0.2) is 10.1 Å². The van der Waals surface area contributed by atoms with Gasteiger partial charge in [-0.05, 0) is 35.2 Å². The monoisotopic (exact) mass is 393 g/mol. The van der Waals surface area contributed by atoms with Gasteiger partial charge in [0.2, 0.25) is 0 Å². The van der Waals surface area contributed by atoms with Crippen molar-refractivity contribution < 1.29 is 27.1 Å². The molecular weight excluding hydrogens is 377 g/mol. The van der Waals surface area contributed by atoms with E-state index in [-0.39, 0.29) is 17.7 Å². The maximum absolute atomic E-state index is 14.3. The Morgan fingerprint density at radius 1 is 0.893 bits per heavy atom. The molecule has 146 valence electrons. The summed E-state index contributed by atoms with van der Waals surface area (Å²) in [5, 5.41) is 9.84.